The van der Waals surface area contributed by atoms with Crippen LogP contribution in [0.25, 0.3) is 5.57 Å². The Morgan fingerprint density at radius 2 is 2.08 bits per heavy atom. The number of aryl methyl sites for hydroxylation is 2. The van der Waals surface area contributed by atoms with Gasteiger partial charge < -0.3 is 4.90 Å². The van der Waals surface area contributed by atoms with Gasteiger partial charge in [0, 0.05) is 57.1 Å². The summed E-state index contributed by atoms with van der Waals surface area (Å²) in [5.41, 5.74) is 4.99. The minimum absolute atomic E-state index is 0.249. The minimum Gasteiger partial charge on any atom is -0.312 e. The lowest BCUT2D eigenvalue weighted by Crippen LogP contribution is -2.38. The van der Waals surface area contributed by atoms with Gasteiger partial charge in [0.1, 0.15) is 0 Å². The summed E-state index contributed by atoms with van der Waals surface area (Å²) in [5, 5.41) is 4.25. The van der Waals surface area contributed by atoms with Crippen molar-refractivity contribution in [3.05, 3.63) is 53.9 Å². The lowest BCUT2D eigenvalue weighted by Gasteiger charge is -2.31. The Hall–Kier alpha value is -2.40. The molecule has 1 amide bonds. The Morgan fingerprint density at radius 3 is 2.85 bits per heavy atom. The van der Waals surface area contributed by atoms with E-state index < -0.39 is 0 Å². The number of anilines is 1. The van der Waals surface area contributed by atoms with Crippen molar-refractivity contribution >= 4 is 17.2 Å². The number of aromatic nitrogens is 2. The number of para-hydroxylation sites is 1. The maximum Gasteiger partial charge on any atom is 0.228 e. The average Bonchev–Trinajstić information content (AvgIpc) is 3.12. The molecule has 0 bridgehead atoms. The van der Waals surface area contributed by atoms with E-state index in [2.05, 4.69) is 40.5 Å². The van der Waals surface area contributed by atoms with Gasteiger partial charge in [-0.15, -0.1) is 0 Å². The molecule has 0 saturated carbocycles. The molecule has 26 heavy (non-hydrogen) atoms. The zero-order valence-electron chi connectivity index (χ0n) is 15.4. The second kappa shape index (κ2) is 7.46. The molecule has 0 atom stereocenters. The average molecular weight is 350 g/mol. The zero-order valence-corrected chi connectivity index (χ0v) is 15.4. The molecule has 2 aliphatic rings. The van der Waals surface area contributed by atoms with E-state index in [0.29, 0.717) is 6.42 Å². The third-order valence-electron chi connectivity index (χ3n) is 5.42. The number of hydrogen-bond donors (Lipinski definition) is 0. The first-order valence-electron chi connectivity index (χ1n) is 9.49. The topological polar surface area (TPSA) is 41.4 Å². The monoisotopic (exact) mass is 350 g/mol. The van der Waals surface area contributed by atoms with E-state index in [0.717, 1.165) is 51.1 Å². The van der Waals surface area contributed by atoms with Crippen molar-refractivity contribution in [2.24, 2.45) is 7.05 Å². The fraction of sp³-hybridized carbons (Fsp3) is 0.429. The van der Waals surface area contributed by atoms with Crippen LogP contribution in [-0.2, 0) is 18.3 Å². The van der Waals surface area contributed by atoms with Gasteiger partial charge in [0.2, 0.25) is 5.91 Å². The first-order valence-corrected chi connectivity index (χ1v) is 9.49. The van der Waals surface area contributed by atoms with Crippen molar-refractivity contribution in [3.63, 3.8) is 0 Å². The Balaban J connectivity index is 1.33. The molecule has 5 nitrogen and oxygen atoms in total. The largest absolute Gasteiger partial charge is 0.312 e. The molecular weight excluding hydrogens is 324 g/mol. The number of nitrogens with zero attached hydrogens (tertiary/aromatic N) is 4. The molecule has 1 aromatic carbocycles. The summed E-state index contributed by atoms with van der Waals surface area (Å²) in [6.07, 6.45) is 10.0. The van der Waals surface area contributed by atoms with Gasteiger partial charge in [0.05, 0.1) is 6.20 Å². The van der Waals surface area contributed by atoms with Crippen LogP contribution < -0.4 is 4.90 Å². The van der Waals surface area contributed by atoms with Gasteiger partial charge in [-0.3, -0.25) is 14.4 Å². The molecule has 1 aromatic heterocycles. The molecule has 0 spiro atoms. The van der Waals surface area contributed by atoms with Gasteiger partial charge in [-0.25, -0.2) is 0 Å². The van der Waals surface area contributed by atoms with Crippen LogP contribution in [0, 0.1) is 0 Å². The van der Waals surface area contributed by atoms with Crippen LogP contribution in [0.5, 0.6) is 0 Å². The smallest absolute Gasteiger partial charge is 0.228 e. The highest BCUT2D eigenvalue weighted by Gasteiger charge is 2.23. The highest BCUT2D eigenvalue weighted by molar-refractivity contribution is 5.94. The molecule has 2 aromatic rings. The molecule has 4 rings (SSSR count). The molecule has 0 aliphatic carbocycles. The number of hydrogen-bond acceptors (Lipinski definition) is 3. The molecule has 0 N–H and O–H groups in total. The van der Waals surface area contributed by atoms with Gasteiger partial charge in [-0.1, -0.05) is 24.3 Å². The first kappa shape index (κ1) is 17.0. The molecule has 0 radical (unpaired) electrons. The molecule has 0 fully saturated rings. The van der Waals surface area contributed by atoms with Crippen molar-refractivity contribution < 1.29 is 4.79 Å². The maximum atomic E-state index is 12.8. The van der Waals surface area contributed by atoms with Crippen LogP contribution in [-0.4, -0.2) is 46.8 Å². The SMILES string of the molecule is Cn1cc(C2=CCN(CCC(=O)N3CCCc4ccccc43)CC2)cn1. The maximum absolute atomic E-state index is 12.8. The molecular formula is C21H26N4O. The van der Waals surface area contributed by atoms with Crippen LogP contribution in [0.15, 0.2) is 42.7 Å². The van der Waals surface area contributed by atoms with E-state index in [4.69, 9.17) is 0 Å². The summed E-state index contributed by atoms with van der Waals surface area (Å²) in [5.74, 6) is 0.249. The lowest BCUT2D eigenvalue weighted by molar-refractivity contribution is -0.119. The number of benzene rings is 1. The predicted molar refractivity (Wildman–Crippen MR) is 104 cm³/mol. The highest BCUT2D eigenvalue weighted by atomic mass is 16.2. The number of carbonyl (C=O) groups excluding carboxylic acids is 1. The number of amides is 1. The van der Waals surface area contributed by atoms with E-state index in [-0.39, 0.29) is 5.91 Å². The summed E-state index contributed by atoms with van der Waals surface area (Å²) in [4.78, 5) is 17.1. The molecule has 5 heteroatoms. The number of carbonyl (C=O) groups is 1. The number of rotatable bonds is 4. The third-order valence-corrected chi connectivity index (χ3v) is 5.42. The van der Waals surface area contributed by atoms with Gasteiger partial charge in [0.25, 0.3) is 0 Å². The lowest BCUT2D eigenvalue weighted by atomic mass is 10.0. The van der Waals surface area contributed by atoms with Crippen LogP contribution in [0.3, 0.4) is 0 Å². The van der Waals surface area contributed by atoms with Gasteiger partial charge in [0.15, 0.2) is 0 Å². The van der Waals surface area contributed by atoms with E-state index in [1.54, 1.807) is 0 Å². The molecule has 3 heterocycles. The normalized spacial score (nSPS) is 17.7. The molecule has 0 unspecified atom stereocenters. The van der Waals surface area contributed by atoms with E-state index in [1.807, 2.05) is 28.9 Å². The van der Waals surface area contributed by atoms with Crippen molar-refractivity contribution in [1.82, 2.24) is 14.7 Å². The molecule has 2 aliphatic heterocycles. The van der Waals surface area contributed by atoms with Crippen molar-refractivity contribution in [2.45, 2.75) is 25.7 Å². The molecule has 136 valence electrons. The Morgan fingerprint density at radius 1 is 1.19 bits per heavy atom. The fourth-order valence-corrected chi connectivity index (χ4v) is 3.94. The summed E-state index contributed by atoms with van der Waals surface area (Å²) in [7, 11) is 1.95. The van der Waals surface area contributed by atoms with Crippen molar-refractivity contribution in [3.8, 4) is 0 Å². The third kappa shape index (κ3) is 3.58. The number of fused-ring (bicyclic) bond motifs is 1. The van der Waals surface area contributed by atoms with Crippen LogP contribution in [0.4, 0.5) is 5.69 Å². The predicted octanol–water partition coefficient (Wildman–Crippen LogP) is 2.88. The molecule has 0 saturated heterocycles. The van der Waals surface area contributed by atoms with Crippen LogP contribution in [0.1, 0.15) is 30.4 Å². The zero-order chi connectivity index (χ0) is 17.9. The second-order valence-corrected chi connectivity index (χ2v) is 7.21. The summed E-state index contributed by atoms with van der Waals surface area (Å²) < 4.78 is 1.84. The second-order valence-electron chi connectivity index (χ2n) is 7.21. The standard InChI is InChI=1S/C21H26N4O/c1-23-16-19(15-22-23)17-8-12-24(13-9-17)14-10-21(26)25-11-4-6-18-5-2-3-7-20(18)25/h2-3,5,7-8,15-16H,4,6,9-14H2,1H3. The van der Waals surface area contributed by atoms with E-state index >= 15 is 0 Å². The minimum atomic E-state index is 0.249. The Kier molecular flexibility index (Phi) is 4.89. The quantitative estimate of drug-likeness (QED) is 0.851. The summed E-state index contributed by atoms with van der Waals surface area (Å²) in [6.45, 7) is 3.59. The van der Waals surface area contributed by atoms with Crippen molar-refractivity contribution in [1.29, 1.82) is 0 Å². The van der Waals surface area contributed by atoms with Crippen molar-refractivity contribution in [2.75, 3.05) is 31.1 Å². The fourth-order valence-electron chi connectivity index (χ4n) is 3.94. The highest BCUT2D eigenvalue weighted by Crippen LogP contribution is 2.27. The first-order chi connectivity index (χ1) is 12.7. The Labute approximate surface area is 154 Å². The van der Waals surface area contributed by atoms with Gasteiger partial charge in [-0.2, -0.15) is 5.10 Å². The summed E-state index contributed by atoms with van der Waals surface area (Å²) >= 11 is 0. The van der Waals surface area contributed by atoms with E-state index in [1.165, 1.54) is 16.7 Å². The van der Waals surface area contributed by atoms with Gasteiger partial charge >= 0.3 is 0 Å². The van der Waals surface area contributed by atoms with Crippen LogP contribution >= 0.6 is 0 Å². The summed E-state index contributed by atoms with van der Waals surface area (Å²) in [6, 6.07) is 8.31. The van der Waals surface area contributed by atoms with E-state index in [9.17, 15) is 4.79 Å². The Bertz CT molecular complexity index is 823. The van der Waals surface area contributed by atoms with Crippen LogP contribution in [0.2, 0.25) is 0 Å². The van der Waals surface area contributed by atoms with Gasteiger partial charge in [-0.05, 0) is 36.5 Å².